The van der Waals surface area contributed by atoms with Crippen molar-refractivity contribution in [2.75, 3.05) is 60.9 Å². The third-order valence-corrected chi connectivity index (χ3v) is 11.6. The molecule has 5 aromatic rings. The molecule has 0 bridgehead atoms. The summed E-state index contributed by atoms with van der Waals surface area (Å²) >= 11 is 1.61. The fourth-order valence-corrected chi connectivity index (χ4v) is 8.61. The zero-order valence-electron chi connectivity index (χ0n) is 30.0. The van der Waals surface area contributed by atoms with Gasteiger partial charge in [-0.15, -0.1) is 10.2 Å². The number of carbonyl (C=O) groups excluding carboxylic acids is 2. The highest BCUT2D eigenvalue weighted by atomic mass is 32.1. The van der Waals surface area contributed by atoms with Gasteiger partial charge in [0.25, 0.3) is 0 Å². The number of imide groups is 1. The lowest BCUT2D eigenvalue weighted by molar-refractivity contribution is -0.134. The Morgan fingerprint density at radius 2 is 1.74 bits per heavy atom. The number of nitriles is 1. The van der Waals surface area contributed by atoms with Gasteiger partial charge in [-0.3, -0.25) is 24.8 Å². The predicted molar refractivity (Wildman–Crippen MR) is 206 cm³/mol. The Balaban J connectivity index is 0.853. The van der Waals surface area contributed by atoms with Crippen molar-refractivity contribution >= 4 is 45.2 Å². The van der Waals surface area contributed by atoms with Crippen LogP contribution in [0.4, 0.5) is 16.5 Å². The van der Waals surface area contributed by atoms with Crippen LogP contribution in [-0.4, -0.2) is 93.4 Å². The number of hydrogen-bond donors (Lipinski definition) is 2. The molecule has 7 heterocycles. The van der Waals surface area contributed by atoms with Gasteiger partial charge in [-0.1, -0.05) is 23.5 Å². The standard InChI is InChI=1S/C39H43N11O2S/c1-25(2)43-33-20-34(35-9-7-30-19-27(21-40)22-42-50(30)35)41-23-32(33)38-45-46-39(53-38)49-17-15-47(16-18-49)24-26-11-13-48(14-12-26)29-5-3-28(4-6-29)31-8-10-36(51)44-37(31)52/h3-7,9,19-20,22-23,25-26,31H,8,10-18,24H2,1-2H3,(H,41,43)(H,44,51,52)/t31-/m1/s1. The van der Waals surface area contributed by atoms with Crippen LogP contribution < -0.4 is 20.4 Å². The van der Waals surface area contributed by atoms with Gasteiger partial charge in [-0.2, -0.15) is 10.4 Å². The van der Waals surface area contributed by atoms with Crippen LogP contribution in [0.25, 0.3) is 27.5 Å². The summed E-state index contributed by atoms with van der Waals surface area (Å²) in [5, 5.41) is 30.8. The van der Waals surface area contributed by atoms with E-state index in [1.807, 2.05) is 42.6 Å². The van der Waals surface area contributed by atoms with Crippen molar-refractivity contribution in [3.8, 4) is 28.0 Å². The summed E-state index contributed by atoms with van der Waals surface area (Å²) in [6.45, 7) is 11.2. The smallest absolute Gasteiger partial charge is 0.234 e. The Hall–Kier alpha value is -5.39. The summed E-state index contributed by atoms with van der Waals surface area (Å²) in [6, 6.07) is 18.5. The van der Waals surface area contributed by atoms with Crippen molar-refractivity contribution < 1.29 is 9.59 Å². The number of hydrogen-bond acceptors (Lipinski definition) is 12. The minimum absolute atomic E-state index is 0.177. The van der Waals surface area contributed by atoms with E-state index in [1.165, 1.54) is 5.69 Å². The molecule has 8 rings (SSSR count). The third kappa shape index (κ3) is 7.45. The Morgan fingerprint density at radius 1 is 0.943 bits per heavy atom. The first kappa shape index (κ1) is 34.7. The maximum atomic E-state index is 12.3. The van der Waals surface area contributed by atoms with E-state index in [2.05, 4.69) is 72.7 Å². The molecule has 2 N–H and O–H groups in total. The molecular formula is C39H43N11O2S. The fraction of sp³-hybridized carbons (Fsp3) is 0.410. The molecule has 2 amide bonds. The SMILES string of the molecule is CC(C)Nc1cc(-c2ccc3cc(C#N)cnn23)ncc1-c1nnc(N2CCN(CC3CCN(c4ccc([C@H]5CCC(=O)NC5=O)cc4)CC3)CC2)s1. The first-order chi connectivity index (χ1) is 25.8. The number of nitrogens with zero attached hydrogens (tertiary/aromatic N) is 9. The highest BCUT2D eigenvalue weighted by molar-refractivity contribution is 7.18. The normalized spacial score (nSPS) is 18.8. The average Bonchev–Trinajstić information content (AvgIpc) is 3.83. The zero-order chi connectivity index (χ0) is 36.5. The molecule has 14 heteroatoms. The van der Waals surface area contributed by atoms with Crippen molar-refractivity contribution in [3.05, 3.63) is 72.1 Å². The molecular weight excluding hydrogens is 687 g/mol. The molecule has 1 aromatic carbocycles. The van der Waals surface area contributed by atoms with Crippen LogP contribution in [-0.2, 0) is 9.59 Å². The maximum Gasteiger partial charge on any atom is 0.234 e. The minimum atomic E-state index is -0.241. The van der Waals surface area contributed by atoms with Crippen LogP contribution in [0.2, 0.25) is 0 Å². The average molecular weight is 730 g/mol. The van der Waals surface area contributed by atoms with E-state index in [0.29, 0.717) is 24.3 Å². The van der Waals surface area contributed by atoms with E-state index < -0.39 is 0 Å². The number of pyridine rings is 1. The highest BCUT2D eigenvalue weighted by Crippen LogP contribution is 2.36. The Bertz CT molecular complexity index is 2160. The molecule has 272 valence electrons. The summed E-state index contributed by atoms with van der Waals surface area (Å²) in [7, 11) is 0. The van der Waals surface area contributed by atoms with E-state index in [-0.39, 0.29) is 23.8 Å². The summed E-state index contributed by atoms with van der Waals surface area (Å²) in [5.74, 6) is 0.0695. The van der Waals surface area contributed by atoms with Crippen molar-refractivity contribution in [2.24, 2.45) is 5.92 Å². The van der Waals surface area contributed by atoms with E-state index in [9.17, 15) is 14.9 Å². The molecule has 3 aliphatic heterocycles. The van der Waals surface area contributed by atoms with Gasteiger partial charge >= 0.3 is 0 Å². The van der Waals surface area contributed by atoms with Gasteiger partial charge in [-0.25, -0.2) is 4.52 Å². The molecule has 0 saturated carbocycles. The van der Waals surface area contributed by atoms with Gasteiger partial charge in [0.15, 0.2) is 5.01 Å². The van der Waals surface area contributed by atoms with Gasteiger partial charge in [0, 0.05) is 75.8 Å². The van der Waals surface area contributed by atoms with Crippen molar-refractivity contribution in [1.82, 2.24) is 35.0 Å². The second kappa shape index (κ2) is 14.9. The molecule has 0 radical (unpaired) electrons. The molecule has 3 fully saturated rings. The molecule has 0 aliphatic carbocycles. The highest BCUT2D eigenvalue weighted by Gasteiger charge is 2.29. The van der Waals surface area contributed by atoms with E-state index in [0.717, 1.165) is 103 Å². The van der Waals surface area contributed by atoms with E-state index in [1.54, 1.807) is 22.0 Å². The second-order valence-electron chi connectivity index (χ2n) is 14.5. The lowest BCUT2D eigenvalue weighted by Crippen LogP contribution is -2.49. The molecule has 1 atom stereocenters. The largest absolute Gasteiger partial charge is 0.382 e. The number of aromatic nitrogens is 5. The minimum Gasteiger partial charge on any atom is -0.382 e. The number of benzene rings is 1. The van der Waals surface area contributed by atoms with Crippen LogP contribution in [0, 0.1) is 17.2 Å². The van der Waals surface area contributed by atoms with Crippen LogP contribution in [0.15, 0.2) is 60.9 Å². The predicted octanol–water partition coefficient (Wildman–Crippen LogP) is 5.17. The fourth-order valence-electron chi connectivity index (χ4n) is 7.69. The molecule has 3 saturated heterocycles. The van der Waals surface area contributed by atoms with Crippen molar-refractivity contribution in [2.45, 2.75) is 51.5 Å². The summed E-state index contributed by atoms with van der Waals surface area (Å²) in [6.07, 6.45) is 6.73. The van der Waals surface area contributed by atoms with E-state index in [4.69, 9.17) is 4.98 Å². The number of rotatable bonds is 9. The Morgan fingerprint density at radius 3 is 2.47 bits per heavy atom. The monoisotopic (exact) mass is 729 g/mol. The van der Waals surface area contributed by atoms with Crippen LogP contribution in [0.5, 0.6) is 0 Å². The number of nitrogens with one attached hydrogen (secondary N) is 2. The maximum absolute atomic E-state index is 12.3. The zero-order valence-corrected chi connectivity index (χ0v) is 30.8. The first-order valence-corrected chi connectivity index (χ1v) is 19.3. The summed E-state index contributed by atoms with van der Waals surface area (Å²) in [4.78, 5) is 36.0. The quantitative estimate of drug-likeness (QED) is 0.194. The summed E-state index contributed by atoms with van der Waals surface area (Å²) in [5.41, 5.74) is 7.03. The molecule has 53 heavy (non-hydrogen) atoms. The first-order valence-electron chi connectivity index (χ1n) is 18.5. The Labute approximate surface area is 312 Å². The third-order valence-electron chi connectivity index (χ3n) is 10.6. The molecule has 0 spiro atoms. The lowest BCUT2D eigenvalue weighted by atomic mass is 9.90. The Kier molecular flexibility index (Phi) is 9.76. The number of amides is 2. The van der Waals surface area contributed by atoms with Gasteiger partial charge < -0.3 is 15.1 Å². The van der Waals surface area contributed by atoms with Crippen LogP contribution >= 0.6 is 11.3 Å². The van der Waals surface area contributed by atoms with Crippen molar-refractivity contribution in [1.29, 1.82) is 5.26 Å². The molecule has 4 aromatic heterocycles. The van der Waals surface area contributed by atoms with Gasteiger partial charge in [0.1, 0.15) is 6.07 Å². The second-order valence-corrected chi connectivity index (χ2v) is 15.5. The lowest BCUT2D eigenvalue weighted by Gasteiger charge is -2.39. The molecule has 3 aliphatic rings. The van der Waals surface area contributed by atoms with Gasteiger partial charge in [-0.05, 0) is 81.0 Å². The summed E-state index contributed by atoms with van der Waals surface area (Å²) < 4.78 is 1.81. The number of piperazine rings is 1. The number of piperidine rings is 2. The number of carbonyl (C=O) groups is 2. The topological polar surface area (TPSA) is 148 Å². The number of anilines is 3. The van der Waals surface area contributed by atoms with E-state index >= 15 is 0 Å². The molecule has 13 nitrogen and oxygen atoms in total. The van der Waals surface area contributed by atoms with Crippen molar-refractivity contribution in [3.63, 3.8) is 0 Å². The van der Waals surface area contributed by atoms with Crippen LogP contribution in [0.3, 0.4) is 0 Å². The molecule has 0 unspecified atom stereocenters. The van der Waals surface area contributed by atoms with Gasteiger partial charge in [0.2, 0.25) is 16.9 Å². The van der Waals surface area contributed by atoms with Gasteiger partial charge in [0.05, 0.1) is 40.1 Å². The van der Waals surface area contributed by atoms with Crippen LogP contribution in [0.1, 0.15) is 56.6 Å². The number of fused-ring (bicyclic) bond motifs is 1.